The van der Waals surface area contributed by atoms with Crippen LogP contribution in [0.4, 0.5) is 0 Å². The lowest BCUT2D eigenvalue weighted by Crippen LogP contribution is -2.53. The Kier molecular flexibility index (Phi) is 26.1. The van der Waals surface area contributed by atoms with Crippen molar-refractivity contribution < 1.29 is 25.5 Å². The van der Waals surface area contributed by atoms with Crippen LogP contribution in [0.1, 0.15) is 378 Å². The molecule has 0 radical (unpaired) electrons. The zero-order chi connectivity index (χ0) is 103. The maximum atomic E-state index is 10.3. The summed E-state index contributed by atoms with van der Waals surface area (Å²) >= 11 is 0. The fraction of sp³-hybridized carbons (Fsp3) is 0.621. The van der Waals surface area contributed by atoms with Crippen LogP contribution in [0.15, 0.2) is 219 Å². The highest BCUT2D eigenvalue weighted by atomic mass is 16.3. The predicted molar refractivity (Wildman–Crippen MR) is 612 cm³/mol. The molecule has 0 aliphatic heterocycles. The number of aliphatic hydroxyl groups excluding tert-OH is 5. The Labute approximate surface area is 897 Å². The summed E-state index contributed by atoms with van der Waals surface area (Å²) in [6, 6.07) is 46.1. The molecule has 150 heavy (non-hydrogen) atoms. The summed E-state index contributed by atoms with van der Waals surface area (Å²) in [7, 11) is 0. The number of hydrogen-bond donors (Lipinski definition) is 5. The minimum absolute atomic E-state index is 0.0348. The van der Waals surface area contributed by atoms with Gasteiger partial charge in [0.25, 0.3) is 0 Å². The van der Waals surface area contributed by atoms with Gasteiger partial charge in [-0.3, -0.25) is 24.9 Å². The van der Waals surface area contributed by atoms with Crippen LogP contribution in [0.3, 0.4) is 0 Å². The molecule has 30 rings (SSSR count). The van der Waals surface area contributed by atoms with Crippen molar-refractivity contribution in [3.63, 3.8) is 0 Å². The fourth-order valence-corrected chi connectivity index (χ4v) is 43.1. The number of benzene rings is 5. The van der Waals surface area contributed by atoms with E-state index in [1.807, 2.05) is 62.0 Å². The van der Waals surface area contributed by atoms with Crippen molar-refractivity contribution in [1.82, 2.24) is 24.9 Å². The van der Waals surface area contributed by atoms with Crippen LogP contribution >= 0.6 is 0 Å². The Morgan fingerprint density at radius 2 is 0.500 bits per heavy atom. The highest BCUT2D eigenvalue weighted by Gasteiger charge is 2.67. The summed E-state index contributed by atoms with van der Waals surface area (Å²) in [6.45, 7) is 25.9. The number of pyridine rings is 5. The van der Waals surface area contributed by atoms with E-state index < -0.39 is 0 Å². The van der Waals surface area contributed by atoms with Crippen LogP contribution in [-0.4, -0.2) is 81.0 Å². The number of rotatable bonds is 5. The average molecular weight is 2010 g/mol. The smallest absolute Gasteiger partial charge is 0.0577 e. The van der Waals surface area contributed by atoms with Gasteiger partial charge in [-0.15, -0.1) is 0 Å². The van der Waals surface area contributed by atoms with Crippen molar-refractivity contribution >= 4 is 65.0 Å². The quantitative estimate of drug-likeness (QED) is 0.105. The van der Waals surface area contributed by atoms with Crippen LogP contribution in [0.5, 0.6) is 0 Å². The molecule has 0 bridgehead atoms. The molecular formula is C140H177N5O5. The Bertz CT molecular complexity index is 6610. The largest absolute Gasteiger partial charge is 0.393 e. The molecule has 0 saturated heterocycles. The molecule has 16 saturated carbocycles. The number of aromatic nitrogens is 5. The van der Waals surface area contributed by atoms with Crippen LogP contribution in [0, 0.1) is 161 Å². The van der Waals surface area contributed by atoms with Crippen molar-refractivity contribution in [2.24, 2.45) is 161 Å². The minimum Gasteiger partial charge on any atom is -0.393 e. The summed E-state index contributed by atoms with van der Waals surface area (Å²) < 4.78 is 0. The van der Waals surface area contributed by atoms with E-state index in [1.165, 1.54) is 264 Å². The molecule has 0 unspecified atom stereocenters. The van der Waals surface area contributed by atoms with Gasteiger partial charge in [-0.2, -0.15) is 0 Å². The van der Waals surface area contributed by atoms with Gasteiger partial charge in [0, 0.05) is 88.9 Å². The molecule has 16 fully saturated rings. The molecular weight excluding hydrogens is 1830 g/mol. The lowest BCUT2D eigenvalue weighted by atomic mass is 9.44. The molecule has 10 aromatic rings. The SMILES string of the molecule is C[C@]12CC[C@@H](O)C[C@@H]1CC[C@@H]1[C@@H]2CC[C@]2(C)[C@@H](c3ccc4cnccc4c3)CC[C@@H]12.C[C@]12CC[C@H](O)CC1=CC[C@@H]1[C@@H]2CC[C@]2(C)C(c3ccc4cnccc4c3)=CC[C@@H]12.C[C@]12CC[C@H](O)C[C@@H]1CC[C@@H]1[C@@H]2CC[C@]2(C)C(c3ccc4cnccc4c3)=CC[C@@H]12.C[C@]12CC[C@H](O)C[C@@H]1CC[C@@H]1[C@@H]2CC[C@]2(C)[C@@H](c3ccc4cnccc4c3)CC[C@@H]12.C[C@]12CC[C@H]3[C@@H](CC=C4C[C@@H](O)CC[C@@]43C)[C@@H]1CC[C@@H]2c1ccc2cnccc2c1. The second kappa shape index (κ2) is 38.7. The second-order valence-electron chi connectivity index (χ2n) is 57.0. The summed E-state index contributed by atoms with van der Waals surface area (Å²) in [5.41, 5.74) is 17.9. The van der Waals surface area contributed by atoms with Crippen molar-refractivity contribution in [2.45, 2.75) is 381 Å². The zero-order valence-corrected chi connectivity index (χ0v) is 92.6. The van der Waals surface area contributed by atoms with E-state index >= 15 is 0 Å². The van der Waals surface area contributed by atoms with Crippen molar-refractivity contribution in [1.29, 1.82) is 0 Å². The van der Waals surface area contributed by atoms with E-state index in [4.69, 9.17) is 0 Å². The predicted octanol–water partition coefficient (Wildman–Crippen LogP) is 33.3. The molecule has 36 atom stereocenters. The molecule has 0 spiro atoms. The first-order valence-corrected chi connectivity index (χ1v) is 61.3. The third-order valence-corrected chi connectivity index (χ3v) is 51.3. The van der Waals surface area contributed by atoms with Gasteiger partial charge in [0.1, 0.15) is 0 Å². The van der Waals surface area contributed by atoms with Crippen LogP contribution in [-0.2, 0) is 0 Å². The van der Waals surface area contributed by atoms with E-state index in [9.17, 15) is 25.5 Å². The van der Waals surface area contributed by atoms with E-state index in [1.54, 1.807) is 39.0 Å². The van der Waals surface area contributed by atoms with Crippen molar-refractivity contribution in [3.05, 3.63) is 247 Å². The Hall–Kier alpha value is -8.09. The van der Waals surface area contributed by atoms with Crippen LogP contribution < -0.4 is 0 Å². The topological polar surface area (TPSA) is 166 Å². The van der Waals surface area contributed by atoms with Gasteiger partial charge in [0.05, 0.1) is 30.5 Å². The van der Waals surface area contributed by atoms with E-state index in [0.717, 1.165) is 171 Å². The van der Waals surface area contributed by atoms with E-state index in [-0.39, 0.29) is 35.9 Å². The van der Waals surface area contributed by atoms with Crippen molar-refractivity contribution in [2.75, 3.05) is 0 Å². The van der Waals surface area contributed by atoms with Gasteiger partial charge >= 0.3 is 0 Å². The third-order valence-electron chi connectivity index (χ3n) is 51.3. The molecule has 10 heteroatoms. The number of aliphatic hydroxyl groups is 5. The Balaban J connectivity index is 0.0000000945. The summed E-state index contributed by atoms with van der Waals surface area (Å²) in [5, 5.41) is 64.2. The van der Waals surface area contributed by atoms with Gasteiger partial charge in [0.2, 0.25) is 0 Å². The van der Waals surface area contributed by atoms with Gasteiger partial charge in [0.15, 0.2) is 0 Å². The standard InChI is InChI=1S/2C28H37NO.2C28H35NO.C28H33NO/c5*1-27-12-9-22(30)16-21(27)5-6-23-25-8-7-24(28(25,2)13-10-26(23)27)19-3-4-20-17-29-14-11-18(20)15-19/h2*3-4,11,14-15,17,21-26,30H,5-10,12-13,16H2,1-2H3;3-4,7,11,14-15,17,21-23,25-26,30H,5-6,8-10,12-13,16H2,1-2H3;3-5,11,14-15,17,22-26,30H,6-10,12-13,16H2,1-2H3;3-5,7,11,14-15,17,22-23,25-26,30H,6,8-10,12-13,16H2,1-2H3/t21-,22+,23-,24+,25-,26-,27-,28+;21-,22-,23-,24+,25-,26-,27-,28+;21-,22-,23-,25-,26-,27-,28+;22-,23-,24+,25-,26-,27-,28+;22-,23-,25-,26-,27-,28+/m00000/s1. The highest BCUT2D eigenvalue weighted by molar-refractivity contribution is 5.89. The molecule has 792 valence electrons. The maximum Gasteiger partial charge on any atom is 0.0577 e. The van der Waals surface area contributed by atoms with Crippen LogP contribution in [0.2, 0.25) is 0 Å². The number of nitrogens with zero attached hydrogens (tertiary/aromatic N) is 5. The number of allylic oxidation sites excluding steroid dienone is 6. The summed E-state index contributed by atoms with van der Waals surface area (Å²) in [5.74, 6) is 17.1. The molecule has 5 N–H and O–H groups in total. The lowest BCUT2D eigenvalue weighted by Gasteiger charge is -2.61. The molecule has 0 amide bonds. The first kappa shape index (κ1) is 101. The monoisotopic (exact) mass is 2010 g/mol. The summed E-state index contributed by atoms with van der Waals surface area (Å²) in [4.78, 5) is 21.4. The maximum absolute atomic E-state index is 10.3. The molecule has 10 nitrogen and oxygen atoms in total. The number of fused-ring (bicyclic) bond motifs is 30. The first-order chi connectivity index (χ1) is 72.4. The molecule has 20 aliphatic carbocycles. The van der Waals surface area contributed by atoms with Gasteiger partial charge in [-0.25, -0.2) is 0 Å². The van der Waals surface area contributed by atoms with Gasteiger partial charge in [-0.05, 0) is 550 Å². The average Bonchev–Trinajstić information content (AvgIpc) is 1.49. The fourth-order valence-electron chi connectivity index (χ4n) is 43.1. The first-order valence-electron chi connectivity index (χ1n) is 61.3. The molecule has 5 aromatic heterocycles. The Morgan fingerprint density at radius 3 is 0.867 bits per heavy atom. The third kappa shape index (κ3) is 16.7. The van der Waals surface area contributed by atoms with Crippen LogP contribution in [0.25, 0.3) is 65.0 Å². The minimum atomic E-state index is -0.113. The van der Waals surface area contributed by atoms with E-state index in [2.05, 4.69) is 240 Å². The zero-order valence-electron chi connectivity index (χ0n) is 92.6. The van der Waals surface area contributed by atoms with Crippen molar-refractivity contribution in [3.8, 4) is 0 Å². The highest BCUT2D eigenvalue weighted by Crippen LogP contribution is 2.76. The molecule has 20 aliphatic rings. The number of hydrogen-bond acceptors (Lipinski definition) is 10. The normalized spacial score (nSPS) is 43.4. The molecule has 5 aromatic carbocycles. The van der Waals surface area contributed by atoms with E-state index in [0.29, 0.717) is 66.5 Å². The lowest BCUT2D eigenvalue weighted by molar-refractivity contribution is -0.122. The summed E-state index contributed by atoms with van der Waals surface area (Å²) in [6.07, 6.45) is 80.7. The molecule has 5 heterocycles. The van der Waals surface area contributed by atoms with Gasteiger partial charge < -0.3 is 25.5 Å². The van der Waals surface area contributed by atoms with Gasteiger partial charge in [-0.1, -0.05) is 184 Å². The second-order valence-corrected chi connectivity index (χ2v) is 57.0. The Morgan fingerprint density at radius 1 is 0.220 bits per heavy atom.